The highest BCUT2D eigenvalue weighted by molar-refractivity contribution is 8.16. The van der Waals surface area contributed by atoms with E-state index in [0.29, 0.717) is 0 Å². The molecule has 0 fully saturated rings. The van der Waals surface area contributed by atoms with Gasteiger partial charge in [-0.2, -0.15) is 4.58 Å². The van der Waals surface area contributed by atoms with Gasteiger partial charge in [0.15, 0.2) is 0 Å². The summed E-state index contributed by atoms with van der Waals surface area (Å²) in [6.45, 7) is 4.49. The molecule has 0 aliphatic carbocycles. The lowest BCUT2D eigenvalue weighted by atomic mass is 10.2. The summed E-state index contributed by atoms with van der Waals surface area (Å²) in [7, 11) is -3.83. The number of hydrogen-bond acceptors (Lipinski definition) is 1. The number of allylic oxidation sites excluding steroid dienone is 1. The molecule has 1 aromatic carbocycles. The Hall–Kier alpha value is -1.24. The molecule has 0 saturated heterocycles. The number of benzene rings is 1. The third kappa shape index (κ3) is 14.8. The van der Waals surface area contributed by atoms with Crippen molar-refractivity contribution in [1.29, 1.82) is 0 Å². The zero-order chi connectivity index (χ0) is 19.1. The molecule has 0 spiro atoms. The minimum atomic E-state index is -6.00. The maximum atomic E-state index is 9.75. The first-order valence-electron chi connectivity index (χ1n) is 8.63. The third-order valence-corrected chi connectivity index (χ3v) is 4.37. The summed E-state index contributed by atoms with van der Waals surface area (Å²) < 4.78 is 41.3. The third-order valence-electron chi connectivity index (χ3n) is 3.29. The summed E-state index contributed by atoms with van der Waals surface area (Å²) in [5.41, 5.74) is 1.27. The van der Waals surface area contributed by atoms with Crippen molar-refractivity contribution in [2.45, 2.75) is 52.4 Å². The number of para-hydroxylation sites is 1. The molecule has 0 aliphatic rings. The molecule has 0 atom stereocenters. The number of rotatable bonds is 8. The lowest BCUT2D eigenvalue weighted by molar-refractivity contribution is -0.403. The van der Waals surface area contributed by atoms with Gasteiger partial charge in [0.25, 0.3) is 0 Å². The van der Waals surface area contributed by atoms with Crippen LogP contribution in [0, 0.1) is 0 Å². The van der Waals surface area contributed by atoms with Crippen molar-refractivity contribution >= 4 is 29.7 Å². The predicted octanol–water partition coefficient (Wildman–Crippen LogP) is 7.29. The molecular weight excluding hydrogens is 349 g/mol. The van der Waals surface area contributed by atoms with Gasteiger partial charge in [-0.3, -0.25) is 0 Å². The average Bonchev–Trinajstić information content (AvgIpc) is 2.56. The molecule has 0 unspecified atom stereocenters. The molecule has 0 radical (unpaired) electrons. The van der Waals surface area contributed by atoms with Crippen LogP contribution in [0.1, 0.15) is 52.4 Å². The number of halogens is 4. The maximum absolute atomic E-state index is 9.75. The molecule has 0 N–H and O–H groups in total. The molecule has 0 heterocycles. The first-order valence-corrected chi connectivity index (χ1v) is 9.51. The van der Waals surface area contributed by atoms with Gasteiger partial charge in [-0.25, -0.2) is 0 Å². The van der Waals surface area contributed by atoms with E-state index >= 15 is 0 Å². The molecule has 0 bridgehead atoms. The highest BCUT2D eigenvalue weighted by atomic mass is 32.2. The molecule has 142 valence electrons. The molecule has 7 heteroatoms. The fraction of sp³-hybridized carbons (Fsp3) is 0.500. The summed E-state index contributed by atoms with van der Waals surface area (Å²) >= 11 is 1.88. The minimum absolute atomic E-state index is 1.16. The first-order chi connectivity index (χ1) is 11.8. The van der Waals surface area contributed by atoms with E-state index in [2.05, 4.69) is 67.3 Å². The van der Waals surface area contributed by atoms with Crippen LogP contribution in [0.3, 0.4) is 0 Å². The van der Waals surface area contributed by atoms with Crippen molar-refractivity contribution in [3.05, 3.63) is 41.8 Å². The zero-order valence-electron chi connectivity index (χ0n) is 15.2. The second-order valence-electron chi connectivity index (χ2n) is 5.52. The SMILES string of the molecule is CCCC/C=C\SC(CCCC)=[N+](C)c1ccccc1.F[B-](F)(F)F. The number of thioether (sulfide) groups is 1. The Morgan fingerprint density at radius 2 is 1.60 bits per heavy atom. The molecule has 0 aliphatic heterocycles. The fourth-order valence-electron chi connectivity index (χ4n) is 1.95. The van der Waals surface area contributed by atoms with Crippen LogP contribution >= 0.6 is 11.8 Å². The van der Waals surface area contributed by atoms with Crippen LogP contribution in [0.4, 0.5) is 23.0 Å². The molecule has 1 rings (SSSR count). The average molecular weight is 377 g/mol. The van der Waals surface area contributed by atoms with Crippen LogP contribution < -0.4 is 0 Å². The van der Waals surface area contributed by atoms with E-state index in [4.69, 9.17) is 0 Å². The molecular formula is C18H28BF4NS. The van der Waals surface area contributed by atoms with Gasteiger partial charge >= 0.3 is 7.25 Å². The van der Waals surface area contributed by atoms with E-state index in [-0.39, 0.29) is 0 Å². The van der Waals surface area contributed by atoms with E-state index in [1.54, 1.807) is 0 Å². The van der Waals surface area contributed by atoms with E-state index < -0.39 is 7.25 Å². The lowest BCUT2D eigenvalue weighted by Gasteiger charge is -2.03. The standard InChI is InChI=1S/C18H28NS.BF4/c1-4-6-8-12-16-20-18(15-7-5-2)19(3)17-13-10-9-11-14-17;2-1(3,4)5/h9-14,16H,4-8,15H2,1-3H3;/q+1;-1/b16-12-,19-18?;. The van der Waals surface area contributed by atoms with Gasteiger partial charge in [0.05, 0.1) is 0 Å². The summed E-state index contributed by atoms with van der Waals surface area (Å²) in [6, 6.07) is 10.6. The highest BCUT2D eigenvalue weighted by Crippen LogP contribution is 2.18. The Labute approximate surface area is 153 Å². The van der Waals surface area contributed by atoms with Crippen LogP contribution in [-0.2, 0) is 0 Å². The van der Waals surface area contributed by atoms with Crippen LogP contribution in [0.25, 0.3) is 0 Å². The largest absolute Gasteiger partial charge is 0.673 e. The Bertz CT molecular complexity index is 510. The Morgan fingerprint density at radius 1 is 1.04 bits per heavy atom. The van der Waals surface area contributed by atoms with Crippen molar-refractivity contribution in [3.63, 3.8) is 0 Å². The molecule has 0 aromatic heterocycles. The van der Waals surface area contributed by atoms with Crippen molar-refractivity contribution in [3.8, 4) is 0 Å². The summed E-state index contributed by atoms with van der Waals surface area (Å²) in [4.78, 5) is 0. The summed E-state index contributed by atoms with van der Waals surface area (Å²) in [5, 5.41) is 3.70. The predicted molar refractivity (Wildman–Crippen MR) is 103 cm³/mol. The van der Waals surface area contributed by atoms with Crippen LogP contribution in [0.2, 0.25) is 0 Å². The summed E-state index contributed by atoms with van der Waals surface area (Å²) in [6.07, 6.45) is 9.71. The van der Waals surface area contributed by atoms with E-state index in [0.717, 1.165) is 6.42 Å². The minimum Gasteiger partial charge on any atom is -0.418 e. The van der Waals surface area contributed by atoms with Crippen LogP contribution in [-0.4, -0.2) is 23.9 Å². The van der Waals surface area contributed by atoms with Crippen molar-refractivity contribution in [2.24, 2.45) is 0 Å². The van der Waals surface area contributed by atoms with Gasteiger partial charge < -0.3 is 17.3 Å². The Balaban J connectivity index is 0.00000101. The van der Waals surface area contributed by atoms with Gasteiger partial charge in [-0.15, -0.1) is 0 Å². The van der Waals surface area contributed by atoms with Gasteiger partial charge in [0.2, 0.25) is 10.7 Å². The van der Waals surface area contributed by atoms with Gasteiger partial charge in [0.1, 0.15) is 7.05 Å². The molecule has 0 amide bonds. The summed E-state index contributed by atoms with van der Waals surface area (Å²) in [5.74, 6) is 0. The topological polar surface area (TPSA) is 3.01 Å². The molecule has 0 saturated carbocycles. The van der Waals surface area contributed by atoms with Crippen molar-refractivity contribution < 1.29 is 21.8 Å². The van der Waals surface area contributed by atoms with Gasteiger partial charge in [0, 0.05) is 18.6 Å². The van der Waals surface area contributed by atoms with Crippen LogP contribution in [0.5, 0.6) is 0 Å². The normalized spacial score (nSPS) is 12.6. The quantitative estimate of drug-likeness (QED) is 0.115. The zero-order valence-corrected chi connectivity index (χ0v) is 16.0. The van der Waals surface area contributed by atoms with E-state index in [9.17, 15) is 17.3 Å². The Morgan fingerprint density at radius 3 is 2.12 bits per heavy atom. The smallest absolute Gasteiger partial charge is 0.418 e. The highest BCUT2D eigenvalue weighted by Gasteiger charge is 2.20. The van der Waals surface area contributed by atoms with E-state index in [1.807, 2.05) is 11.8 Å². The monoisotopic (exact) mass is 377 g/mol. The first kappa shape index (κ1) is 23.8. The van der Waals surface area contributed by atoms with Crippen molar-refractivity contribution in [1.82, 2.24) is 0 Å². The number of hydrogen-bond donors (Lipinski definition) is 0. The van der Waals surface area contributed by atoms with Crippen LogP contribution in [0.15, 0.2) is 41.8 Å². The molecule has 25 heavy (non-hydrogen) atoms. The van der Waals surface area contributed by atoms with E-state index in [1.165, 1.54) is 42.8 Å². The van der Waals surface area contributed by atoms with Crippen molar-refractivity contribution in [2.75, 3.05) is 7.05 Å². The maximum Gasteiger partial charge on any atom is 0.673 e. The second kappa shape index (κ2) is 14.0. The molecule has 1 nitrogen and oxygen atoms in total. The number of unbranched alkanes of at least 4 members (excludes halogenated alkanes) is 3. The van der Waals surface area contributed by atoms with Gasteiger partial charge in [-0.05, 0) is 30.0 Å². The second-order valence-corrected chi connectivity index (χ2v) is 6.50. The van der Waals surface area contributed by atoms with Gasteiger partial charge in [-0.1, -0.05) is 57.4 Å². The fourth-order valence-corrected chi connectivity index (χ4v) is 2.86. The number of nitrogens with zero attached hydrogens (tertiary/aromatic N) is 1. The lowest BCUT2D eigenvalue weighted by Crippen LogP contribution is -2.09. The Kier molecular flexibility index (Phi) is 13.3. The molecule has 1 aromatic rings.